The maximum atomic E-state index is 11.8. The normalized spacial score (nSPS) is 15.3. The van der Waals surface area contributed by atoms with Gasteiger partial charge in [0.05, 0.1) is 19.0 Å². The first kappa shape index (κ1) is 13.1. The van der Waals surface area contributed by atoms with Crippen molar-refractivity contribution in [3.8, 4) is 5.75 Å². The summed E-state index contributed by atoms with van der Waals surface area (Å²) in [6.45, 7) is 0. The Kier molecular flexibility index (Phi) is 3.47. The summed E-state index contributed by atoms with van der Waals surface area (Å²) in [6, 6.07) is 14.8. The Morgan fingerprint density at radius 3 is 2.62 bits per heavy atom. The van der Waals surface area contributed by atoms with E-state index in [1.54, 1.807) is 13.3 Å². The average molecular weight is 279 g/mol. The van der Waals surface area contributed by atoms with Crippen molar-refractivity contribution in [3.63, 3.8) is 0 Å². The highest BCUT2D eigenvalue weighted by Crippen LogP contribution is 2.22. The van der Waals surface area contributed by atoms with Crippen LogP contribution < -0.4 is 10.1 Å². The van der Waals surface area contributed by atoms with Gasteiger partial charge in [0, 0.05) is 5.56 Å². The molecule has 0 aliphatic carbocycles. The SMILES string of the molecule is COc1ccc(/C=N\N=C2/C(=O)Nc3ccccc32)cc1. The van der Waals surface area contributed by atoms with Gasteiger partial charge in [-0.15, -0.1) is 5.10 Å². The zero-order valence-electron chi connectivity index (χ0n) is 11.4. The van der Waals surface area contributed by atoms with Crippen LogP contribution in [0.3, 0.4) is 0 Å². The topological polar surface area (TPSA) is 63.1 Å². The number of nitrogens with zero attached hydrogens (tertiary/aromatic N) is 2. The van der Waals surface area contributed by atoms with Gasteiger partial charge in [-0.05, 0) is 35.9 Å². The number of amides is 1. The molecular formula is C16H13N3O2. The first-order chi connectivity index (χ1) is 10.3. The Labute approximate surface area is 122 Å². The summed E-state index contributed by atoms with van der Waals surface area (Å²) in [5.74, 6) is 0.547. The van der Waals surface area contributed by atoms with Crippen molar-refractivity contribution in [2.24, 2.45) is 10.2 Å². The Morgan fingerprint density at radius 1 is 1.10 bits per heavy atom. The van der Waals surface area contributed by atoms with Crippen molar-refractivity contribution in [1.82, 2.24) is 0 Å². The van der Waals surface area contributed by atoms with E-state index in [1.807, 2.05) is 48.5 Å². The van der Waals surface area contributed by atoms with Crippen molar-refractivity contribution in [2.75, 3.05) is 12.4 Å². The molecule has 0 fully saturated rings. The number of carbonyl (C=O) groups excluding carboxylic acids is 1. The molecule has 0 spiro atoms. The molecule has 0 bridgehead atoms. The van der Waals surface area contributed by atoms with Gasteiger partial charge in [0.25, 0.3) is 5.91 Å². The standard InChI is InChI=1S/C16H13N3O2/c1-21-12-8-6-11(7-9-12)10-17-19-15-13-4-2-3-5-14(13)18-16(15)20/h2-10H,1H3,(H,18,19,20)/b17-10-. The van der Waals surface area contributed by atoms with Gasteiger partial charge in [-0.1, -0.05) is 18.2 Å². The van der Waals surface area contributed by atoms with Crippen molar-refractivity contribution in [1.29, 1.82) is 0 Å². The lowest BCUT2D eigenvalue weighted by Gasteiger charge is -1.98. The molecule has 104 valence electrons. The van der Waals surface area contributed by atoms with E-state index in [2.05, 4.69) is 15.5 Å². The lowest BCUT2D eigenvalue weighted by molar-refractivity contribution is -0.110. The van der Waals surface area contributed by atoms with Gasteiger partial charge in [-0.25, -0.2) is 0 Å². The number of hydrogen-bond acceptors (Lipinski definition) is 4. The van der Waals surface area contributed by atoms with Crippen molar-refractivity contribution < 1.29 is 9.53 Å². The largest absolute Gasteiger partial charge is 0.497 e. The van der Waals surface area contributed by atoms with Crippen LogP contribution in [0.15, 0.2) is 58.7 Å². The van der Waals surface area contributed by atoms with Crippen LogP contribution >= 0.6 is 0 Å². The zero-order chi connectivity index (χ0) is 14.7. The molecule has 1 heterocycles. The fourth-order valence-corrected chi connectivity index (χ4v) is 2.04. The minimum atomic E-state index is -0.233. The van der Waals surface area contributed by atoms with Gasteiger partial charge in [-0.3, -0.25) is 4.79 Å². The molecule has 1 N–H and O–H groups in total. The molecule has 2 aromatic rings. The monoisotopic (exact) mass is 279 g/mol. The molecule has 2 aromatic carbocycles. The lowest BCUT2D eigenvalue weighted by Crippen LogP contribution is -2.13. The predicted octanol–water partition coefficient (Wildman–Crippen LogP) is 2.47. The maximum Gasteiger partial charge on any atom is 0.276 e. The Morgan fingerprint density at radius 2 is 1.86 bits per heavy atom. The van der Waals surface area contributed by atoms with Gasteiger partial charge in [0.15, 0.2) is 5.71 Å². The first-order valence-electron chi connectivity index (χ1n) is 6.44. The summed E-state index contributed by atoms with van der Waals surface area (Å²) >= 11 is 0. The van der Waals surface area contributed by atoms with E-state index >= 15 is 0 Å². The molecule has 1 aliphatic heterocycles. The molecule has 0 saturated heterocycles. The van der Waals surface area contributed by atoms with E-state index < -0.39 is 0 Å². The van der Waals surface area contributed by atoms with E-state index in [0.717, 1.165) is 22.6 Å². The van der Waals surface area contributed by atoms with Crippen LogP contribution in [-0.2, 0) is 4.79 Å². The second-order valence-corrected chi connectivity index (χ2v) is 4.47. The quantitative estimate of drug-likeness (QED) is 0.693. The Hall–Kier alpha value is -2.95. The second-order valence-electron chi connectivity index (χ2n) is 4.47. The number of para-hydroxylation sites is 1. The third kappa shape index (κ3) is 2.67. The summed E-state index contributed by atoms with van der Waals surface area (Å²) < 4.78 is 5.08. The van der Waals surface area contributed by atoms with Crippen molar-refractivity contribution >= 4 is 23.5 Å². The number of hydrogen-bond donors (Lipinski definition) is 1. The number of carbonyl (C=O) groups is 1. The van der Waals surface area contributed by atoms with Crippen LogP contribution in [0.25, 0.3) is 0 Å². The summed E-state index contributed by atoms with van der Waals surface area (Å²) in [5, 5.41) is 10.8. The molecule has 21 heavy (non-hydrogen) atoms. The van der Waals surface area contributed by atoms with Gasteiger partial charge < -0.3 is 10.1 Å². The molecule has 3 rings (SSSR count). The first-order valence-corrected chi connectivity index (χ1v) is 6.44. The van der Waals surface area contributed by atoms with Crippen molar-refractivity contribution in [3.05, 3.63) is 59.7 Å². The number of benzene rings is 2. The van der Waals surface area contributed by atoms with Crippen LogP contribution in [0, 0.1) is 0 Å². The molecule has 0 radical (unpaired) electrons. The van der Waals surface area contributed by atoms with E-state index in [1.165, 1.54) is 0 Å². The minimum Gasteiger partial charge on any atom is -0.497 e. The third-order valence-electron chi connectivity index (χ3n) is 3.13. The summed E-state index contributed by atoms with van der Waals surface area (Å²) in [4.78, 5) is 11.8. The van der Waals surface area contributed by atoms with Crippen LogP contribution in [0.5, 0.6) is 5.75 Å². The second kappa shape index (κ2) is 5.58. The number of fused-ring (bicyclic) bond motifs is 1. The van der Waals surface area contributed by atoms with Gasteiger partial charge in [0.1, 0.15) is 5.75 Å². The molecule has 5 heteroatoms. The number of methoxy groups -OCH3 is 1. The van der Waals surface area contributed by atoms with E-state index in [-0.39, 0.29) is 5.91 Å². The Balaban J connectivity index is 1.82. The lowest BCUT2D eigenvalue weighted by atomic mass is 10.1. The summed E-state index contributed by atoms with van der Waals surface area (Å²) in [7, 11) is 1.62. The molecule has 5 nitrogen and oxygen atoms in total. The van der Waals surface area contributed by atoms with Crippen LogP contribution in [0.2, 0.25) is 0 Å². The van der Waals surface area contributed by atoms with E-state index in [4.69, 9.17) is 4.74 Å². The highest BCUT2D eigenvalue weighted by molar-refractivity contribution is 6.53. The third-order valence-corrected chi connectivity index (χ3v) is 3.13. The number of anilines is 1. The minimum absolute atomic E-state index is 0.233. The number of rotatable bonds is 3. The smallest absolute Gasteiger partial charge is 0.276 e. The highest BCUT2D eigenvalue weighted by atomic mass is 16.5. The zero-order valence-corrected chi connectivity index (χ0v) is 11.4. The van der Waals surface area contributed by atoms with Gasteiger partial charge in [-0.2, -0.15) is 5.10 Å². The van der Waals surface area contributed by atoms with E-state index in [0.29, 0.717) is 5.71 Å². The fourth-order valence-electron chi connectivity index (χ4n) is 2.04. The summed E-state index contributed by atoms with van der Waals surface area (Å²) in [6.07, 6.45) is 1.60. The van der Waals surface area contributed by atoms with Gasteiger partial charge >= 0.3 is 0 Å². The van der Waals surface area contributed by atoms with Crippen LogP contribution in [0.1, 0.15) is 11.1 Å². The van der Waals surface area contributed by atoms with Gasteiger partial charge in [0.2, 0.25) is 0 Å². The molecule has 0 aromatic heterocycles. The average Bonchev–Trinajstić information content (AvgIpc) is 2.84. The molecule has 1 aliphatic rings. The molecule has 0 atom stereocenters. The predicted molar refractivity (Wildman–Crippen MR) is 82.2 cm³/mol. The molecular weight excluding hydrogens is 266 g/mol. The van der Waals surface area contributed by atoms with Crippen LogP contribution in [0.4, 0.5) is 5.69 Å². The number of ether oxygens (including phenoxy) is 1. The molecule has 0 unspecified atom stereocenters. The summed E-state index contributed by atoms with van der Waals surface area (Å²) in [5.41, 5.74) is 2.75. The number of nitrogens with one attached hydrogen (secondary N) is 1. The maximum absolute atomic E-state index is 11.8. The highest BCUT2D eigenvalue weighted by Gasteiger charge is 2.25. The fraction of sp³-hybridized carbons (Fsp3) is 0.0625. The Bertz CT molecular complexity index is 733. The van der Waals surface area contributed by atoms with E-state index in [9.17, 15) is 4.79 Å². The molecule has 0 saturated carbocycles. The van der Waals surface area contributed by atoms with Crippen molar-refractivity contribution in [2.45, 2.75) is 0 Å². The molecule has 1 amide bonds. The van der Waals surface area contributed by atoms with Crippen LogP contribution in [-0.4, -0.2) is 24.9 Å².